The lowest BCUT2D eigenvalue weighted by atomic mass is 10.0. The summed E-state index contributed by atoms with van der Waals surface area (Å²) in [5.74, 6) is -0.0468. The van der Waals surface area contributed by atoms with Gasteiger partial charge in [0.25, 0.3) is 0 Å². The molecule has 2 atom stereocenters. The van der Waals surface area contributed by atoms with Crippen molar-refractivity contribution >= 4 is 29.7 Å². The fourth-order valence-corrected chi connectivity index (χ4v) is 3.07. The van der Waals surface area contributed by atoms with E-state index in [-0.39, 0.29) is 24.4 Å². The molecule has 1 aromatic heterocycles. The van der Waals surface area contributed by atoms with Gasteiger partial charge in [0, 0.05) is 11.4 Å². The molecule has 1 amide bonds. The number of aliphatic hydroxyl groups excluding tert-OH is 1. The van der Waals surface area contributed by atoms with Crippen molar-refractivity contribution in [3.63, 3.8) is 0 Å². The van der Waals surface area contributed by atoms with Crippen molar-refractivity contribution in [2.75, 3.05) is 13.1 Å². The zero-order valence-corrected chi connectivity index (χ0v) is 12.7. The minimum absolute atomic E-state index is 0. The molecule has 1 fully saturated rings. The lowest BCUT2D eigenvalue weighted by molar-refractivity contribution is -0.122. The smallest absolute Gasteiger partial charge is 0.225 e. The van der Waals surface area contributed by atoms with Gasteiger partial charge in [-0.3, -0.25) is 4.79 Å². The molecule has 5 nitrogen and oxygen atoms in total. The number of aromatic nitrogens is 1. The van der Waals surface area contributed by atoms with Crippen LogP contribution in [0, 0.1) is 13.8 Å². The van der Waals surface area contributed by atoms with E-state index in [1.807, 2.05) is 13.8 Å². The summed E-state index contributed by atoms with van der Waals surface area (Å²) < 4.78 is 0. The number of rotatable bonds is 3. The van der Waals surface area contributed by atoms with Gasteiger partial charge in [0.1, 0.15) is 0 Å². The van der Waals surface area contributed by atoms with E-state index in [1.54, 1.807) is 11.3 Å². The van der Waals surface area contributed by atoms with Crippen LogP contribution in [0.4, 0.5) is 0 Å². The van der Waals surface area contributed by atoms with E-state index in [9.17, 15) is 9.90 Å². The minimum atomic E-state index is -0.445. The molecule has 0 bridgehead atoms. The first-order valence-corrected chi connectivity index (χ1v) is 6.99. The van der Waals surface area contributed by atoms with Crippen molar-refractivity contribution in [1.82, 2.24) is 15.6 Å². The van der Waals surface area contributed by atoms with E-state index in [2.05, 4.69) is 15.6 Å². The summed E-state index contributed by atoms with van der Waals surface area (Å²) in [7, 11) is 0. The number of hydrogen-bond acceptors (Lipinski definition) is 5. The molecule has 0 unspecified atom stereocenters. The Morgan fingerprint density at radius 2 is 2.32 bits per heavy atom. The highest BCUT2D eigenvalue weighted by Crippen LogP contribution is 2.17. The van der Waals surface area contributed by atoms with Gasteiger partial charge in [-0.1, -0.05) is 0 Å². The normalized spacial score (nSPS) is 22.7. The summed E-state index contributed by atoms with van der Waals surface area (Å²) in [4.78, 5) is 17.2. The Kier molecular flexibility index (Phi) is 6.19. The molecule has 0 aromatic carbocycles. The third-order valence-corrected chi connectivity index (χ3v) is 4.19. The molecule has 108 valence electrons. The Labute approximate surface area is 123 Å². The lowest BCUT2D eigenvalue weighted by Crippen LogP contribution is -2.54. The zero-order chi connectivity index (χ0) is 13.1. The van der Waals surface area contributed by atoms with Gasteiger partial charge in [-0.05, 0) is 26.8 Å². The molecule has 1 aliphatic rings. The third kappa shape index (κ3) is 4.42. The zero-order valence-electron chi connectivity index (χ0n) is 11.1. The maximum absolute atomic E-state index is 11.9. The highest BCUT2D eigenvalue weighted by molar-refractivity contribution is 7.11. The van der Waals surface area contributed by atoms with E-state index in [0.717, 1.165) is 22.1 Å². The van der Waals surface area contributed by atoms with Crippen LogP contribution in [0.5, 0.6) is 0 Å². The van der Waals surface area contributed by atoms with Crippen LogP contribution in [-0.4, -0.2) is 41.2 Å². The van der Waals surface area contributed by atoms with Crippen molar-refractivity contribution in [3.8, 4) is 0 Å². The van der Waals surface area contributed by atoms with Gasteiger partial charge < -0.3 is 15.7 Å². The van der Waals surface area contributed by atoms with E-state index < -0.39 is 6.10 Å². The molecule has 2 rings (SSSR count). The van der Waals surface area contributed by atoms with Crippen molar-refractivity contribution in [2.45, 2.75) is 38.8 Å². The molecular weight excluding hydrogens is 286 g/mol. The Bertz CT molecular complexity index is 439. The number of nitrogens with zero attached hydrogens (tertiary/aromatic N) is 1. The number of aliphatic hydroxyl groups is 1. The van der Waals surface area contributed by atoms with Gasteiger partial charge in [-0.25, -0.2) is 4.98 Å². The van der Waals surface area contributed by atoms with Gasteiger partial charge in [0.05, 0.1) is 29.3 Å². The van der Waals surface area contributed by atoms with Crippen LogP contribution in [0.15, 0.2) is 0 Å². The first kappa shape index (κ1) is 16.4. The first-order chi connectivity index (χ1) is 8.56. The average molecular weight is 306 g/mol. The van der Waals surface area contributed by atoms with Gasteiger partial charge in [-0.15, -0.1) is 23.7 Å². The van der Waals surface area contributed by atoms with Crippen molar-refractivity contribution in [2.24, 2.45) is 0 Å². The summed E-state index contributed by atoms with van der Waals surface area (Å²) in [5.41, 5.74) is 0.926. The molecule has 1 aliphatic heterocycles. The van der Waals surface area contributed by atoms with Crippen molar-refractivity contribution in [3.05, 3.63) is 15.6 Å². The predicted octanol–water partition coefficient (Wildman–Crippen LogP) is 0.563. The Morgan fingerprint density at radius 3 is 2.89 bits per heavy atom. The molecular formula is C12H20ClN3O2S. The topological polar surface area (TPSA) is 74.2 Å². The molecule has 0 radical (unpaired) electrons. The molecule has 0 saturated carbocycles. The second-order valence-electron chi connectivity index (χ2n) is 4.65. The lowest BCUT2D eigenvalue weighted by Gasteiger charge is -2.29. The molecule has 0 aliphatic carbocycles. The van der Waals surface area contributed by atoms with E-state index >= 15 is 0 Å². The van der Waals surface area contributed by atoms with Crippen LogP contribution in [0.1, 0.15) is 22.0 Å². The van der Waals surface area contributed by atoms with Crippen LogP contribution >= 0.6 is 23.7 Å². The highest BCUT2D eigenvalue weighted by Gasteiger charge is 2.24. The van der Waals surface area contributed by atoms with Crippen molar-refractivity contribution < 1.29 is 9.90 Å². The monoisotopic (exact) mass is 305 g/mol. The van der Waals surface area contributed by atoms with Gasteiger partial charge in [0.2, 0.25) is 5.91 Å². The quantitative estimate of drug-likeness (QED) is 0.763. The summed E-state index contributed by atoms with van der Waals surface area (Å²) in [6.07, 6.45) is 0.587. The molecule has 19 heavy (non-hydrogen) atoms. The number of aryl methyl sites for hydroxylation is 2. The Balaban J connectivity index is 0.00000180. The summed E-state index contributed by atoms with van der Waals surface area (Å²) in [6, 6.07) is -0.180. The number of hydrogen-bond donors (Lipinski definition) is 3. The number of carbonyl (C=O) groups is 1. The average Bonchev–Trinajstić information content (AvgIpc) is 2.61. The molecule has 2 heterocycles. The standard InChI is InChI=1S/C12H19N3O2S.ClH/c1-7-11(18-8(2)14-7)5-12(17)15-9-6-13-4-3-10(9)16;/h9-10,13,16H,3-6H2,1-2H3,(H,15,17);1H/t9-,10+;/m0./s1. The second-order valence-corrected chi connectivity index (χ2v) is 5.94. The maximum Gasteiger partial charge on any atom is 0.225 e. The summed E-state index contributed by atoms with van der Waals surface area (Å²) >= 11 is 1.56. The second kappa shape index (κ2) is 7.19. The Hall–Kier alpha value is -0.690. The van der Waals surface area contributed by atoms with Crippen LogP contribution in [0.25, 0.3) is 0 Å². The molecule has 0 spiro atoms. The van der Waals surface area contributed by atoms with E-state index in [1.165, 1.54) is 0 Å². The largest absolute Gasteiger partial charge is 0.391 e. The predicted molar refractivity (Wildman–Crippen MR) is 78.0 cm³/mol. The number of carbonyl (C=O) groups excluding carboxylic acids is 1. The summed E-state index contributed by atoms with van der Waals surface area (Å²) in [5, 5.41) is 16.8. The van der Waals surface area contributed by atoms with Crippen LogP contribution in [-0.2, 0) is 11.2 Å². The van der Waals surface area contributed by atoms with E-state index in [4.69, 9.17) is 0 Å². The molecule has 1 saturated heterocycles. The number of nitrogens with one attached hydrogen (secondary N) is 2. The van der Waals surface area contributed by atoms with Crippen molar-refractivity contribution in [1.29, 1.82) is 0 Å². The SMILES string of the molecule is Cc1nc(C)c(CC(=O)N[C@H]2CNCC[C@H]2O)s1.Cl. The highest BCUT2D eigenvalue weighted by atomic mass is 35.5. The molecule has 1 aromatic rings. The Morgan fingerprint density at radius 1 is 1.58 bits per heavy atom. The number of piperidine rings is 1. The number of amides is 1. The fourth-order valence-electron chi connectivity index (χ4n) is 2.13. The number of halogens is 1. The first-order valence-electron chi connectivity index (χ1n) is 6.17. The fraction of sp³-hybridized carbons (Fsp3) is 0.667. The number of thiazole rings is 1. The maximum atomic E-state index is 11.9. The van der Waals surface area contributed by atoms with Crippen LogP contribution in [0.2, 0.25) is 0 Å². The molecule has 3 N–H and O–H groups in total. The van der Waals surface area contributed by atoms with E-state index in [0.29, 0.717) is 19.4 Å². The third-order valence-electron chi connectivity index (χ3n) is 3.11. The molecule has 7 heteroatoms. The van der Waals surface area contributed by atoms with Gasteiger partial charge in [-0.2, -0.15) is 0 Å². The van der Waals surface area contributed by atoms with Gasteiger partial charge >= 0.3 is 0 Å². The van der Waals surface area contributed by atoms with Crippen LogP contribution < -0.4 is 10.6 Å². The minimum Gasteiger partial charge on any atom is -0.391 e. The van der Waals surface area contributed by atoms with Gasteiger partial charge in [0.15, 0.2) is 0 Å². The van der Waals surface area contributed by atoms with Crippen LogP contribution in [0.3, 0.4) is 0 Å². The summed E-state index contributed by atoms with van der Waals surface area (Å²) in [6.45, 7) is 5.30.